The van der Waals surface area contributed by atoms with Gasteiger partial charge in [-0.05, 0) is 19.3 Å². The summed E-state index contributed by atoms with van der Waals surface area (Å²) in [6.07, 6.45) is 1.24. The SMILES string of the molecule is CC(=O)[O-].CC(C)CC[N+](C)(C)CCO.[Cl-]. The number of carboxylic acids is 1. The molecule has 5 heteroatoms. The molecule has 0 spiro atoms. The van der Waals surface area contributed by atoms with Gasteiger partial charge in [-0.15, -0.1) is 0 Å². The summed E-state index contributed by atoms with van der Waals surface area (Å²) in [5, 5.41) is 17.6. The molecule has 0 atom stereocenters. The smallest absolute Gasteiger partial charge is 0.102 e. The van der Waals surface area contributed by atoms with Crippen molar-refractivity contribution in [2.24, 2.45) is 5.92 Å². The summed E-state index contributed by atoms with van der Waals surface area (Å²) in [6, 6.07) is 0. The molecular weight excluding hydrogens is 230 g/mol. The summed E-state index contributed by atoms with van der Waals surface area (Å²) in [6.45, 7) is 7.77. The maximum atomic E-state index is 8.89. The van der Waals surface area contributed by atoms with E-state index < -0.39 is 5.97 Å². The molecule has 0 aliphatic heterocycles. The number of aliphatic hydroxyl groups is 1. The highest BCUT2D eigenvalue weighted by Crippen LogP contribution is 2.05. The minimum absolute atomic E-state index is 0. The summed E-state index contributed by atoms with van der Waals surface area (Å²) in [7, 11) is 4.33. The molecule has 0 aromatic rings. The Morgan fingerprint density at radius 1 is 1.31 bits per heavy atom. The Morgan fingerprint density at radius 3 is 1.94 bits per heavy atom. The van der Waals surface area contributed by atoms with Crippen molar-refractivity contribution in [3.05, 3.63) is 0 Å². The van der Waals surface area contributed by atoms with Gasteiger partial charge in [0.1, 0.15) is 6.54 Å². The van der Waals surface area contributed by atoms with Crippen LogP contribution in [-0.4, -0.2) is 49.4 Å². The molecule has 0 fully saturated rings. The van der Waals surface area contributed by atoms with E-state index in [1.807, 2.05) is 0 Å². The van der Waals surface area contributed by atoms with Crippen molar-refractivity contribution in [2.75, 3.05) is 33.8 Å². The van der Waals surface area contributed by atoms with Gasteiger partial charge in [-0.2, -0.15) is 0 Å². The van der Waals surface area contributed by atoms with Gasteiger partial charge in [0.25, 0.3) is 0 Å². The molecule has 1 N–H and O–H groups in total. The van der Waals surface area contributed by atoms with E-state index in [9.17, 15) is 0 Å². The van der Waals surface area contributed by atoms with Crippen molar-refractivity contribution in [1.29, 1.82) is 0 Å². The van der Waals surface area contributed by atoms with Crippen LogP contribution in [0.1, 0.15) is 27.2 Å². The molecule has 16 heavy (non-hydrogen) atoms. The second-order valence-electron chi connectivity index (χ2n) is 4.78. The summed E-state index contributed by atoms with van der Waals surface area (Å²) < 4.78 is 0.939. The van der Waals surface area contributed by atoms with Crippen LogP contribution in [0.2, 0.25) is 0 Å². The molecule has 0 aromatic carbocycles. The third-order valence-corrected chi connectivity index (χ3v) is 2.02. The van der Waals surface area contributed by atoms with Crippen molar-refractivity contribution >= 4 is 5.97 Å². The number of nitrogens with zero attached hydrogens (tertiary/aromatic N) is 1. The average molecular weight is 255 g/mol. The van der Waals surface area contributed by atoms with E-state index in [-0.39, 0.29) is 12.4 Å². The van der Waals surface area contributed by atoms with Gasteiger partial charge >= 0.3 is 0 Å². The molecule has 0 rings (SSSR count). The Morgan fingerprint density at radius 2 is 1.69 bits per heavy atom. The highest BCUT2D eigenvalue weighted by atomic mass is 35.5. The lowest BCUT2D eigenvalue weighted by Gasteiger charge is -2.29. The number of aliphatic hydroxyl groups excluding tert-OH is 1. The first kappa shape index (κ1) is 21.0. The van der Waals surface area contributed by atoms with Crippen LogP contribution < -0.4 is 17.5 Å². The minimum atomic E-state index is -1.08. The molecule has 0 unspecified atom stereocenters. The van der Waals surface area contributed by atoms with E-state index in [4.69, 9.17) is 15.0 Å². The van der Waals surface area contributed by atoms with E-state index in [1.165, 1.54) is 6.42 Å². The van der Waals surface area contributed by atoms with Gasteiger partial charge in [0.05, 0.1) is 27.2 Å². The molecule has 0 heterocycles. The van der Waals surface area contributed by atoms with Crippen LogP contribution in [0.5, 0.6) is 0 Å². The number of hydrogen-bond acceptors (Lipinski definition) is 3. The maximum Gasteiger partial charge on any atom is 0.102 e. The van der Waals surface area contributed by atoms with Gasteiger partial charge in [0.2, 0.25) is 0 Å². The fraction of sp³-hybridized carbons (Fsp3) is 0.909. The Hall–Kier alpha value is -0.320. The van der Waals surface area contributed by atoms with E-state index in [0.717, 1.165) is 30.4 Å². The number of aliphatic carboxylic acids is 1. The molecule has 0 saturated heterocycles. The summed E-state index contributed by atoms with van der Waals surface area (Å²) in [4.78, 5) is 8.89. The third kappa shape index (κ3) is 23.5. The van der Waals surface area contributed by atoms with Gasteiger partial charge in [0, 0.05) is 5.97 Å². The first-order valence-electron chi connectivity index (χ1n) is 5.31. The van der Waals surface area contributed by atoms with Crippen LogP contribution in [0.15, 0.2) is 0 Å². The molecule has 0 saturated carbocycles. The topological polar surface area (TPSA) is 60.4 Å². The van der Waals surface area contributed by atoms with Gasteiger partial charge < -0.3 is 31.9 Å². The van der Waals surface area contributed by atoms with Crippen LogP contribution in [0, 0.1) is 5.92 Å². The predicted octanol–water partition coefficient (Wildman–Crippen LogP) is -3.14. The molecule has 0 bridgehead atoms. The number of carbonyl (C=O) groups is 1. The van der Waals surface area contributed by atoms with Crippen molar-refractivity contribution < 1.29 is 31.9 Å². The standard InChI is InChI=1S/C9H22NO.C2H4O2.ClH/c1-9(2)5-6-10(3,4)7-8-11;1-2(3)4;/h9,11H,5-8H2,1-4H3;1H3,(H,3,4);1H/q+1;;/p-2. The van der Waals surface area contributed by atoms with Gasteiger partial charge in [0.15, 0.2) is 0 Å². The van der Waals surface area contributed by atoms with Crippen molar-refractivity contribution in [2.45, 2.75) is 27.2 Å². The Balaban J connectivity index is -0.000000292. The zero-order valence-electron chi connectivity index (χ0n) is 11.0. The quantitative estimate of drug-likeness (QED) is 0.528. The Kier molecular flexibility index (Phi) is 14.7. The molecule has 0 radical (unpaired) electrons. The first-order chi connectivity index (χ1) is 6.71. The lowest BCUT2D eigenvalue weighted by Crippen LogP contribution is -3.00. The van der Waals surface area contributed by atoms with Gasteiger partial charge in [-0.3, -0.25) is 0 Å². The normalized spacial score (nSPS) is 10.2. The average Bonchev–Trinajstić information content (AvgIpc) is 2.00. The van der Waals surface area contributed by atoms with Crippen molar-refractivity contribution in [3.63, 3.8) is 0 Å². The van der Waals surface area contributed by atoms with Crippen LogP contribution in [0.25, 0.3) is 0 Å². The molecule has 0 aliphatic carbocycles. The number of carbonyl (C=O) groups excluding carboxylic acids is 1. The van der Waals surface area contributed by atoms with Crippen molar-refractivity contribution in [3.8, 4) is 0 Å². The first-order valence-corrected chi connectivity index (χ1v) is 5.31. The second kappa shape index (κ2) is 11.2. The van der Waals surface area contributed by atoms with E-state index in [1.54, 1.807) is 0 Å². The third-order valence-electron chi connectivity index (χ3n) is 2.02. The second-order valence-corrected chi connectivity index (χ2v) is 4.78. The summed E-state index contributed by atoms with van der Waals surface area (Å²) >= 11 is 0. The van der Waals surface area contributed by atoms with Gasteiger partial charge in [-0.1, -0.05) is 13.8 Å². The Bertz CT molecular complexity index is 169. The number of quaternary nitrogens is 1. The van der Waals surface area contributed by atoms with Crippen LogP contribution in [-0.2, 0) is 4.79 Å². The van der Waals surface area contributed by atoms with Crippen LogP contribution >= 0.6 is 0 Å². The maximum absolute atomic E-state index is 8.89. The lowest BCUT2D eigenvalue weighted by molar-refractivity contribution is -0.891. The molecule has 100 valence electrons. The largest absolute Gasteiger partial charge is 1.00 e. The molecule has 0 amide bonds. The molecule has 0 aliphatic rings. The number of rotatable bonds is 5. The minimum Gasteiger partial charge on any atom is -1.00 e. The predicted molar refractivity (Wildman–Crippen MR) is 59.1 cm³/mol. The summed E-state index contributed by atoms with van der Waals surface area (Å²) in [5.74, 6) is -0.314. The van der Waals surface area contributed by atoms with Crippen LogP contribution in [0.3, 0.4) is 0 Å². The van der Waals surface area contributed by atoms with E-state index >= 15 is 0 Å². The number of likely N-dealkylation sites (N-methyl/N-ethyl adjacent to an activating group) is 1. The van der Waals surface area contributed by atoms with E-state index in [2.05, 4.69) is 27.9 Å². The highest BCUT2D eigenvalue weighted by Gasteiger charge is 2.13. The van der Waals surface area contributed by atoms with Crippen LogP contribution in [0.4, 0.5) is 0 Å². The fourth-order valence-corrected chi connectivity index (χ4v) is 0.990. The highest BCUT2D eigenvalue weighted by molar-refractivity contribution is 5.60. The zero-order valence-corrected chi connectivity index (χ0v) is 11.8. The zero-order chi connectivity index (χ0) is 12.5. The lowest BCUT2D eigenvalue weighted by atomic mass is 10.1. The number of hydrogen-bond donors (Lipinski definition) is 1. The van der Waals surface area contributed by atoms with Crippen molar-refractivity contribution in [1.82, 2.24) is 0 Å². The summed E-state index contributed by atoms with van der Waals surface area (Å²) in [5.41, 5.74) is 0. The van der Waals surface area contributed by atoms with Gasteiger partial charge in [-0.25, -0.2) is 0 Å². The molecule has 0 aromatic heterocycles. The molecular formula is C11H25ClNO3-. The number of carboxylic acid groups (broad SMARTS) is 1. The monoisotopic (exact) mass is 254 g/mol. The Labute approximate surface area is 105 Å². The fourth-order valence-electron chi connectivity index (χ4n) is 0.990. The number of halogens is 1. The molecule has 4 nitrogen and oxygen atoms in total. The van der Waals surface area contributed by atoms with E-state index in [0.29, 0.717) is 6.61 Å².